The van der Waals surface area contributed by atoms with E-state index in [1.807, 2.05) is 0 Å². The van der Waals surface area contributed by atoms with Crippen molar-refractivity contribution < 1.29 is 31.9 Å². The Hall–Kier alpha value is -2.81. The van der Waals surface area contributed by atoms with E-state index in [4.69, 9.17) is 20.8 Å². The van der Waals surface area contributed by atoms with E-state index in [1.165, 1.54) is 38.1 Å². The molecule has 0 atom stereocenters. The third-order valence-electron chi connectivity index (χ3n) is 3.64. The summed E-state index contributed by atoms with van der Waals surface area (Å²) in [5.41, 5.74) is -0.528. The number of hydrogen-bond acceptors (Lipinski definition) is 5. The van der Waals surface area contributed by atoms with E-state index in [0.29, 0.717) is 4.90 Å². The molecule has 0 aliphatic heterocycles. The molecule has 0 fully saturated rings. The Morgan fingerprint density at radius 2 is 1.79 bits per heavy atom. The number of amides is 1. The Kier molecular flexibility index (Phi) is 6.50. The molecule has 1 amide bonds. The van der Waals surface area contributed by atoms with Crippen LogP contribution >= 0.6 is 11.6 Å². The molecule has 1 aromatic carbocycles. The fourth-order valence-corrected chi connectivity index (χ4v) is 2.59. The van der Waals surface area contributed by atoms with Crippen molar-refractivity contribution in [2.75, 3.05) is 18.1 Å². The zero-order valence-electron chi connectivity index (χ0n) is 14.8. The largest absolute Gasteiger partial charge is 0.452 e. The second-order valence-electron chi connectivity index (χ2n) is 5.83. The third kappa shape index (κ3) is 5.59. The smallest absolute Gasteiger partial charge is 0.406 e. The topological polar surface area (TPSA) is 76.8 Å². The number of anilines is 1. The molecule has 0 aliphatic rings. The van der Waals surface area contributed by atoms with Crippen molar-refractivity contribution in [3.63, 3.8) is 0 Å². The van der Waals surface area contributed by atoms with Crippen LogP contribution < -0.4 is 10.5 Å². The van der Waals surface area contributed by atoms with E-state index in [1.54, 1.807) is 0 Å². The molecule has 1 aromatic heterocycles. The van der Waals surface area contributed by atoms with Crippen molar-refractivity contribution >= 4 is 29.2 Å². The number of carbonyl (C=O) groups is 2. The number of halogens is 4. The van der Waals surface area contributed by atoms with Crippen LogP contribution in [0, 0.1) is 13.8 Å². The van der Waals surface area contributed by atoms with E-state index in [9.17, 15) is 27.6 Å². The summed E-state index contributed by atoms with van der Waals surface area (Å²) < 4.78 is 48.3. The minimum absolute atomic E-state index is 0.0210. The molecule has 10 heteroatoms. The Labute approximate surface area is 162 Å². The number of alkyl halides is 3. The summed E-state index contributed by atoms with van der Waals surface area (Å²) in [4.78, 5) is 36.2. The van der Waals surface area contributed by atoms with Crippen LogP contribution in [0.25, 0.3) is 0 Å². The molecule has 150 valence electrons. The zero-order valence-corrected chi connectivity index (χ0v) is 15.6. The first kappa shape index (κ1) is 21.5. The van der Waals surface area contributed by atoms with Gasteiger partial charge < -0.3 is 14.1 Å². The molecular weight excluding hydrogens is 403 g/mol. The first-order valence-electron chi connectivity index (χ1n) is 7.89. The van der Waals surface area contributed by atoms with E-state index >= 15 is 0 Å². The van der Waals surface area contributed by atoms with Crippen LogP contribution in [0.3, 0.4) is 0 Å². The van der Waals surface area contributed by atoms with Gasteiger partial charge in [-0.2, -0.15) is 13.2 Å². The van der Waals surface area contributed by atoms with Crippen molar-refractivity contribution in [1.82, 2.24) is 0 Å². The van der Waals surface area contributed by atoms with Gasteiger partial charge in [0, 0.05) is 16.8 Å². The van der Waals surface area contributed by atoms with Crippen molar-refractivity contribution in [2.45, 2.75) is 20.0 Å². The first-order chi connectivity index (χ1) is 13.0. The number of nitrogens with zero attached hydrogens (tertiary/aromatic N) is 1. The lowest BCUT2D eigenvalue weighted by Crippen LogP contribution is -2.41. The van der Waals surface area contributed by atoms with Crippen LogP contribution in [0.2, 0.25) is 5.02 Å². The van der Waals surface area contributed by atoms with Crippen LogP contribution in [-0.4, -0.2) is 31.2 Å². The maximum atomic E-state index is 12.9. The Balaban J connectivity index is 2.18. The summed E-state index contributed by atoms with van der Waals surface area (Å²) in [6, 6.07) is 6.22. The van der Waals surface area contributed by atoms with Gasteiger partial charge in [-0.1, -0.05) is 11.6 Å². The van der Waals surface area contributed by atoms with Gasteiger partial charge in [0.15, 0.2) is 6.61 Å². The van der Waals surface area contributed by atoms with Crippen molar-refractivity contribution in [3.8, 4) is 0 Å². The summed E-state index contributed by atoms with van der Waals surface area (Å²) in [6.07, 6.45) is -4.67. The number of benzene rings is 1. The van der Waals surface area contributed by atoms with Crippen LogP contribution in [0.15, 0.2) is 39.5 Å². The monoisotopic (exact) mass is 417 g/mol. The lowest BCUT2D eigenvalue weighted by Gasteiger charge is -2.24. The highest BCUT2D eigenvalue weighted by molar-refractivity contribution is 6.30. The van der Waals surface area contributed by atoms with Gasteiger partial charge in [-0.15, -0.1) is 0 Å². The van der Waals surface area contributed by atoms with E-state index in [0.717, 1.165) is 6.07 Å². The molecular formula is C18H15ClF3NO5. The average Bonchev–Trinajstić information content (AvgIpc) is 2.56. The van der Waals surface area contributed by atoms with Gasteiger partial charge in [-0.25, -0.2) is 9.59 Å². The van der Waals surface area contributed by atoms with Crippen LogP contribution in [0.1, 0.15) is 21.7 Å². The SMILES string of the molecule is Cc1cc(=O)oc(C)c1C(=O)OCC(=O)N(CC(F)(F)F)c1ccc(Cl)cc1. The minimum atomic E-state index is -4.67. The zero-order chi connectivity index (χ0) is 21.1. The predicted molar refractivity (Wildman–Crippen MR) is 94.6 cm³/mol. The van der Waals surface area contributed by atoms with Crippen molar-refractivity contribution in [1.29, 1.82) is 0 Å². The van der Waals surface area contributed by atoms with E-state index in [2.05, 4.69) is 0 Å². The minimum Gasteiger partial charge on any atom is -0.452 e. The second kappa shape index (κ2) is 8.47. The normalized spacial score (nSPS) is 11.2. The third-order valence-corrected chi connectivity index (χ3v) is 3.89. The lowest BCUT2D eigenvalue weighted by molar-refractivity contribution is -0.134. The number of ether oxygens (including phenoxy) is 1. The number of rotatable bonds is 5. The average molecular weight is 418 g/mol. The maximum Gasteiger partial charge on any atom is 0.406 e. The first-order valence-corrected chi connectivity index (χ1v) is 8.27. The Bertz CT molecular complexity index is 911. The fourth-order valence-electron chi connectivity index (χ4n) is 2.46. The lowest BCUT2D eigenvalue weighted by atomic mass is 10.1. The fraction of sp³-hybridized carbons (Fsp3) is 0.278. The van der Waals surface area contributed by atoms with Gasteiger partial charge in [0.2, 0.25) is 0 Å². The van der Waals surface area contributed by atoms with Gasteiger partial charge in [0.05, 0.1) is 0 Å². The Morgan fingerprint density at radius 3 is 2.32 bits per heavy atom. The molecule has 0 saturated heterocycles. The summed E-state index contributed by atoms with van der Waals surface area (Å²) >= 11 is 5.71. The number of carbonyl (C=O) groups excluding carboxylic acids is 2. The predicted octanol–water partition coefficient (Wildman–Crippen LogP) is 3.66. The van der Waals surface area contributed by atoms with Crippen LogP contribution in [-0.2, 0) is 9.53 Å². The summed E-state index contributed by atoms with van der Waals surface area (Å²) in [5.74, 6) is -2.09. The van der Waals surface area contributed by atoms with Gasteiger partial charge >= 0.3 is 17.8 Å². The second-order valence-corrected chi connectivity index (χ2v) is 6.26. The molecule has 0 aliphatic carbocycles. The van der Waals surface area contributed by atoms with Crippen molar-refractivity contribution in [2.24, 2.45) is 0 Å². The van der Waals surface area contributed by atoms with Crippen molar-refractivity contribution in [3.05, 3.63) is 62.7 Å². The molecule has 0 unspecified atom stereocenters. The molecule has 2 aromatic rings. The van der Waals surface area contributed by atoms with E-state index < -0.39 is 36.8 Å². The van der Waals surface area contributed by atoms with E-state index in [-0.39, 0.29) is 27.6 Å². The molecule has 0 spiro atoms. The molecule has 28 heavy (non-hydrogen) atoms. The van der Waals surface area contributed by atoms with Crippen LogP contribution in [0.4, 0.5) is 18.9 Å². The van der Waals surface area contributed by atoms with Gasteiger partial charge in [-0.3, -0.25) is 4.79 Å². The number of aryl methyl sites for hydroxylation is 2. The molecule has 0 radical (unpaired) electrons. The standard InChI is InChI=1S/C18H15ClF3NO5/c1-10-7-15(25)28-11(2)16(10)17(26)27-8-14(24)23(9-18(20,21)22)13-5-3-12(19)4-6-13/h3-7H,8-9H2,1-2H3. The summed E-state index contributed by atoms with van der Waals surface area (Å²) in [6.45, 7) is 0.321. The molecule has 0 saturated carbocycles. The molecule has 0 N–H and O–H groups in total. The highest BCUT2D eigenvalue weighted by atomic mass is 35.5. The molecule has 6 nitrogen and oxygen atoms in total. The Morgan fingerprint density at radius 1 is 1.18 bits per heavy atom. The molecule has 0 bridgehead atoms. The summed E-state index contributed by atoms with van der Waals surface area (Å²) in [5, 5.41) is 0.283. The molecule has 1 heterocycles. The highest BCUT2D eigenvalue weighted by Gasteiger charge is 2.34. The quantitative estimate of drug-likeness (QED) is 0.694. The van der Waals surface area contributed by atoms with Gasteiger partial charge in [0.1, 0.15) is 17.9 Å². The molecule has 2 rings (SSSR count). The maximum absolute atomic E-state index is 12.9. The van der Waals surface area contributed by atoms with Crippen LogP contribution in [0.5, 0.6) is 0 Å². The number of esters is 1. The van der Waals surface area contributed by atoms with Gasteiger partial charge in [-0.05, 0) is 43.7 Å². The summed E-state index contributed by atoms with van der Waals surface area (Å²) in [7, 11) is 0. The van der Waals surface area contributed by atoms with Gasteiger partial charge in [0.25, 0.3) is 5.91 Å². The number of hydrogen-bond donors (Lipinski definition) is 0. The highest BCUT2D eigenvalue weighted by Crippen LogP contribution is 2.24.